The number of rotatable bonds is 8. The molecule has 0 amide bonds. The summed E-state index contributed by atoms with van der Waals surface area (Å²) in [6, 6.07) is 7.65. The minimum atomic E-state index is -0.659. The molecule has 1 aliphatic rings. The van der Waals surface area contributed by atoms with E-state index in [1.54, 1.807) is 26.0 Å². The van der Waals surface area contributed by atoms with Gasteiger partial charge in [0, 0.05) is 23.6 Å². The summed E-state index contributed by atoms with van der Waals surface area (Å²) in [5.74, 6) is -0.383. The van der Waals surface area contributed by atoms with Gasteiger partial charge in [0.15, 0.2) is 17.2 Å². The van der Waals surface area contributed by atoms with Crippen molar-refractivity contribution in [3.63, 3.8) is 0 Å². The highest BCUT2D eigenvalue weighted by atomic mass is 79.9. The van der Waals surface area contributed by atoms with E-state index >= 15 is 0 Å². The van der Waals surface area contributed by atoms with Crippen LogP contribution in [0.1, 0.15) is 43.4 Å². The smallest absolute Gasteiger partial charge is 0.363 e. The molecule has 172 valence electrons. The third-order valence-corrected chi connectivity index (χ3v) is 5.16. The van der Waals surface area contributed by atoms with Gasteiger partial charge in [-0.1, -0.05) is 6.92 Å². The summed E-state index contributed by atoms with van der Waals surface area (Å²) in [5.41, 5.74) is 1.45. The molecule has 2 aromatic carbocycles. The van der Waals surface area contributed by atoms with Crippen molar-refractivity contribution in [1.82, 2.24) is 0 Å². The molecule has 0 unspecified atom stereocenters. The number of nitro benzene ring substituents is 1. The van der Waals surface area contributed by atoms with E-state index < -0.39 is 10.9 Å². The highest BCUT2D eigenvalue weighted by molar-refractivity contribution is 9.10. The summed E-state index contributed by atoms with van der Waals surface area (Å²) >= 11 is 3.39. The molecule has 33 heavy (non-hydrogen) atoms. The van der Waals surface area contributed by atoms with Crippen molar-refractivity contribution in [2.75, 3.05) is 6.61 Å². The molecule has 0 saturated carbocycles. The van der Waals surface area contributed by atoms with Gasteiger partial charge in [-0.2, -0.15) is 0 Å². The molecule has 1 aliphatic heterocycles. The number of hydrogen-bond donors (Lipinski definition) is 0. The van der Waals surface area contributed by atoms with Gasteiger partial charge in [-0.25, -0.2) is 9.79 Å². The SMILES string of the molecule is CCCC(=O)Oc1c(Br)cc(/C=C2\N=C(c3ccc([N+](=O)[O-])c(C)c3)OC2=O)cc1OCC. The van der Waals surface area contributed by atoms with Gasteiger partial charge in [0.2, 0.25) is 5.90 Å². The van der Waals surface area contributed by atoms with Gasteiger partial charge in [0.25, 0.3) is 5.69 Å². The molecule has 3 rings (SSSR count). The molecule has 2 aromatic rings. The van der Waals surface area contributed by atoms with E-state index in [-0.39, 0.29) is 35.4 Å². The summed E-state index contributed by atoms with van der Waals surface area (Å²) in [7, 11) is 0. The number of carbonyl (C=O) groups excluding carboxylic acids is 2. The number of benzene rings is 2. The predicted octanol–water partition coefficient (Wildman–Crippen LogP) is 5.11. The Morgan fingerprint density at radius 2 is 2.03 bits per heavy atom. The van der Waals surface area contributed by atoms with E-state index in [9.17, 15) is 19.7 Å². The number of esters is 2. The summed E-state index contributed by atoms with van der Waals surface area (Å²) < 4.78 is 16.8. The van der Waals surface area contributed by atoms with E-state index in [0.29, 0.717) is 39.9 Å². The molecule has 9 nitrogen and oxygen atoms in total. The summed E-state index contributed by atoms with van der Waals surface area (Å²) in [4.78, 5) is 39.1. The van der Waals surface area contributed by atoms with Gasteiger partial charge in [-0.15, -0.1) is 0 Å². The Balaban J connectivity index is 1.94. The van der Waals surface area contributed by atoms with Crippen molar-refractivity contribution in [1.29, 1.82) is 0 Å². The van der Waals surface area contributed by atoms with Crippen LogP contribution in [0.4, 0.5) is 5.69 Å². The van der Waals surface area contributed by atoms with E-state index in [2.05, 4.69) is 20.9 Å². The first kappa shape index (κ1) is 24.1. The summed E-state index contributed by atoms with van der Waals surface area (Å²) in [6.07, 6.45) is 2.44. The predicted molar refractivity (Wildman–Crippen MR) is 124 cm³/mol. The van der Waals surface area contributed by atoms with Crippen LogP contribution in [0.3, 0.4) is 0 Å². The monoisotopic (exact) mass is 516 g/mol. The average Bonchev–Trinajstić information content (AvgIpc) is 3.11. The van der Waals surface area contributed by atoms with E-state index in [0.717, 1.165) is 0 Å². The minimum Gasteiger partial charge on any atom is -0.490 e. The number of ether oxygens (including phenoxy) is 3. The summed E-state index contributed by atoms with van der Waals surface area (Å²) in [6.45, 7) is 5.61. The van der Waals surface area contributed by atoms with Crippen molar-refractivity contribution in [3.8, 4) is 11.5 Å². The lowest BCUT2D eigenvalue weighted by atomic mass is 10.1. The standard InChI is InChI=1S/C23H21BrN2O7/c1-4-6-20(27)32-21-16(24)10-14(12-19(21)31-5-2)11-17-23(28)33-22(25-17)15-7-8-18(26(29)30)13(3)9-15/h7-12H,4-6H2,1-3H3/b17-11-. The molecular formula is C23H21BrN2O7. The molecule has 0 aromatic heterocycles. The molecule has 0 saturated heterocycles. The molecule has 0 fully saturated rings. The van der Waals surface area contributed by atoms with Gasteiger partial charge < -0.3 is 14.2 Å². The molecule has 0 atom stereocenters. The van der Waals surface area contributed by atoms with E-state index in [4.69, 9.17) is 14.2 Å². The first-order chi connectivity index (χ1) is 15.7. The largest absolute Gasteiger partial charge is 0.490 e. The Morgan fingerprint density at radius 1 is 1.27 bits per heavy atom. The van der Waals surface area contributed by atoms with Crippen LogP contribution in [-0.2, 0) is 14.3 Å². The van der Waals surface area contributed by atoms with Gasteiger partial charge >= 0.3 is 11.9 Å². The maximum atomic E-state index is 12.4. The number of nitrogens with zero attached hydrogens (tertiary/aromatic N) is 2. The van der Waals surface area contributed by atoms with Crippen molar-refractivity contribution < 1.29 is 28.7 Å². The molecule has 0 aliphatic carbocycles. The Bertz CT molecular complexity index is 1190. The number of nitro groups is 1. The van der Waals surface area contributed by atoms with Crippen LogP contribution in [0.5, 0.6) is 11.5 Å². The van der Waals surface area contributed by atoms with Gasteiger partial charge in [0.1, 0.15) is 0 Å². The molecule has 0 radical (unpaired) electrons. The first-order valence-corrected chi connectivity index (χ1v) is 11.0. The fourth-order valence-corrected chi connectivity index (χ4v) is 3.63. The van der Waals surface area contributed by atoms with Crippen LogP contribution >= 0.6 is 15.9 Å². The molecule has 0 N–H and O–H groups in total. The van der Waals surface area contributed by atoms with Gasteiger partial charge in [-0.05, 0) is 72.1 Å². The zero-order chi connectivity index (χ0) is 24.1. The van der Waals surface area contributed by atoms with Crippen LogP contribution in [0.25, 0.3) is 6.08 Å². The second kappa shape index (κ2) is 10.4. The third kappa shape index (κ3) is 5.64. The van der Waals surface area contributed by atoms with Crippen LogP contribution in [0.2, 0.25) is 0 Å². The van der Waals surface area contributed by atoms with Crippen molar-refractivity contribution in [2.24, 2.45) is 4.99 Å². The van der Waals surface area contributed by atoms with E-state index in [1.807, 2.05) is 6.92 Å². The Kier molecular flexibility index (Phi) is 7.59. The van der Waals surface area contributed by atoms with Crippen LogP contribution < -0.4 is 9.47 Å². The molecule has 0 spiro atoms. The fraction of sp³-hybridized carbons (Fsp3) is 0.261. The van der Waals surface area contributed by atoms with Crippen LogP contribution in [-0.4, -0.2) is 29.4 Å². The summed E-state index contributed by atoms with van der Waals surface area (Å²) in [5, 5.41) is 11.0. The highest BCUT2D eigenvalue weighted by Gasteiger charge is 2.26. The normalized spacial score (nSPS) is 14.1. The first-order valence-electron chi connectivity index (χ1n) is 10.2. The quantitative estimate of drug-likeness (QED) is 0.157. The maximum Gasteiger partial charge on any atom is 0.363 e. The number of halogens is 1. The van der Waals surface area contributed by atoms with E-state index in [1.165, 1.54) is 24.3 Å². The Hall–Kier alpha value is -3.53. The molecular weight excluding hydrogens is 496 g/mol. The van der Waals surface area contributed by atoms with Crippen LogP contribution in [0, 0.1) is 17.0 Å². The molecule has 0 bridgehead atoms. The highest BCUT2D eigenvalue weighted by Crippen LogP contribution is 2.38. The zero-order valence-electron chi connectivity index (χ0n) is 18.2. The lowest BCUT2D eigenvalue weighted by molar-refractivity contribution is -0.385. The fourth-order valence-electron chi connectivity index (χ4n) is 3.09. The minimum absolute atomic E-state index is 0.0348. The topological polar surface area (TPSA) is 117 Å². The number of aryl methyl sites for hydroxylation is 1. The number of aliphatic imine (C=N–C) groups is 1. The maximum absolute atomic E-state index is 12.4. The molecule has 10 heteroatoms. The second-order valence-corrected chi connectivity index (χ2v) is 7.94. The number of carbonyl (C=O) groups is 2. The number of hydrogen-bond acceptors (Lipinski definition) is 8. The average molecular weight is 517 g/mol. The number of cyclic esters (lactones) is 1. The van der Waals surface area contributed by atoms with Gasteiger partial charge in [0.05, 0.1) is 16.0 Å². The van der Waals surface area contributed by atoms with Crippen molar-refractivity contribution >= 4 is 45.5 Å². The van der Waals surface area contributed by atoms with Crippen molar-refractivity contribution in [3.05, 3.63) is 67.3 Å². The molecule has 1 heterocycles. The Morgan fingerprint density at radius 3 is 2.67 bits per heavy atom. The second-order valence-electron chi connectivity index (χ2n) is 7.08. The lowest BCUT2D eigenvalue weighted by Crippen LogP contribution is -2.09. The van der Waals surface area contributed by atoms with Crippen LogP contribution in [0.15, 0.2) is 45.5 Å². The van der Waals surface area contributed by atoms with Gasteiger partial charge in [-0.3, -0.25) is 14.9 Å². The third-order valence-electron chi connectivity index (χ3n) is 4.57. The Labute approximate surface area is 198 Å². The zero-order valence-corrected chi connectivity index (χ0v) is 19.8. The van der Waals surface area contributed by atoms with Crippen molar-refractivity contribution in [2.45, 2.75) is 33.6 Å². The lowest BCUT2D eigenvalue weighted by Gasteiger charge is -2.13.